The lowest BCUT2D eigenvalue weighted by molar-refractivity contribution is -0.143. The van der Waals surface area contributed by atoms with Crippen molar-refractivity contribution >= 4 is 12.0 Å². The quantitative estimate of drug-likeness (QED) is 0.822. The SMILES string of the molecule is CCCN1CCC(NC(=O)N2CCC[C@H](C(=O)O)C2)CC1. The van der Waals surface area contributed by atoms with Crippen molar-refractivity contribution in [3.63, 3.8) is 0 Å². The molecule has 6 nitrogen and oxygen atoms in total. The third kappa shape index (κ3) is 4.59. The molecule has 2 heterocycles. The number of amides is 2. The number of aliphatic carboxylic acids is 1. The van der Waals surface area contributed by atoms with E-state index in [4.69, 9.17) is 5.11 Å². The lowest BCUT2D eigenvalue weighted by Gasteiger charge is -2.35. The van der Waals surface area contributed by atoms with Gasteiger partial charge < -0.3 is 20.2 Å². The van der Waals surface area contributed by atoms with Gasteiger partial charge in [0.05, 0.1) is 5.92 Å². The molecule has 120 valence electrons. The van der Waals surface area contributed by atoms with E-state index in [9.17, 15) is 9.59 Å². The second-order valence-corrected chi connectivity index (χ2v) is 6.19. The second-order valence-electron chi connectivity index (χ2n) is 6.19. The van der Waals surface area contributed by atoms with Gasteiger partial charge in [-0.15, -0.1) is 0 Å². The van der Waals surface area contributed by atoms with Crippen LogP contribution in [0.3, 0.4) is 0 Å². The third-order valence-corrected chi connectivity index (χ3v) is 4.51. The van der Waals surface area contributed by atoms with E-state index in [2.05, 4.69) is 17.1 Å². The van der Waals surface area contributed by atoms with Gasteiger partial charge in [-0.2, -0.15) is 0 Å². The minimum Gasteiger partial charge on any atom is -0.481 e. The minimum absolute atomic E-state index is 0.0881. The Morgan fingerprint density at radius 1 is 1.19 bits per heavy atom. The number of rotatable bonds is 4. The molecule has 2 aliphatic rings. The highest BCUT2D eigenvalue weighted by Gasteiger charge is 2.29. The molecule has 0 unspecified atom stereocenters. The Kier molecular flexibility index (Phi) is 5.85. The molecule has 0 aromatic heterocycles. The molecule has 2 rings (SSSR count). The van der Waals surface area contributed by atoms with Crippen molar-refractivity contribution in [1.82, 2.24) is 15.1 Å². The number of carboxylic acids is 1. The molecule has 0 aliphatic carbocycles. The van der Waals surface area contributed by atoms with Crippen LogP contribution < -0.4 is 5.32 Å². The summed E-state index contributed by atoms with van der Waals surface area (Å²) in [6.07, 6.45) is 4.60. The molecular weight excluding hydrogens is 270 g/mol. The van der Waals surface area contributed by atoms with Crippen molar-refractivity contribution in [3.05, 3.63) is 0 Å². The monoisotopic (exact) mass is 297 g/mol. The number of likely N-dealkylation sites (tertiary alicyclic amines) is 2. The molecule has 2 saturated heterocycles. The molecule has 0 spiro atoms. The Morgan fingerprint density at radius 2 is 1.90 bits per heavy atom. The van der Waals surface area contributed by atoms with Crippen molar-refractivity contribution in [2.75, 3.05) is 32.7 Å². The number of nitrogens with zero attached hydrogens (tertiary/aromatic N) is 2. The Balaban J connectivity index is 1.75. The summed E-state index contributed by atoms with van der Waals surface area (Å²) in [6, 6.07) is 0.144. The molecule has 2 fully saturated rings. The molecule has 21 heavy (non-hydrogen) atoms. The van der Waals surface area contributed by atoms with E-state index in [0.717, 1.165) is 38.9 Å². The van der Waals surface area contributed by atoms with Crippen molar-refractivity contribution < 1.29 is 14.7 Å². The molecule has 2 amide bonds. The average molecular weight is 297 g/mol. The normalized spacial score (nSPS) is 24.8. The number of carbonyl (C=O) groups excluding carboxylic acids is 1. The van der Waals surface area contributed by atoms with E-state index < -0.39 is 11.9 Å². The Labute approximate surface area is 126 Å². The largest absolute Gasteiger partial charge is 0.481 e. The molecule has 0 radical (unpaired) electrons. The van der Waals surface area contributed by atoms with Crippen molar-refractivity contribution in [2.24, 2.45) is 5.92 Å². The van der Waals surface area contributed by atoms with Crippen molar-refractivity contribution in [3.8, 4) is 0 Å². The first-order chi connectivity index (χ1) is 10.1. The number of carbonyl (C=O) groups is 2. The predicted molar refractivity (Wildman–Crippen MR) is 80.2 cm³/mol. The van der Waals surface area contributed by atoms with Gasteiger partial charge in [-0.3, -0.25) is 4.79 Å². The maximum Gasteiger partial charge on any atom is 0.317 e. The molecule has 2 aliphatic heterocycles. The third-order valence-electron chi connectivity index (χ3n) is 4.51. The summed E-state index contributed by atoms with van der Waals surface area (Å²) in [5.74, 6) is -1.20. The lowest BCUT2D eigenvalue weighted by atomic mass is 9.98. The maximum absolute atomic E-state index is 12.2. The number of carboxylic acid groups (broad SMARTS) is 1. The Bertz CT molecular complexity index is 367. The van der Waals surface area contributed by atoms with E-state index in [1.807, 2.05) is 0 Å². The van der Waals surface area contributed by atoms with E-state index in [-0.39, 0.29) is 12.1 Å². The van der Waals surface area contributed by atoms with E-state index in [1.165, 1.54) is 6.42 Å². The first kappa shape index (κ1) is 16.1. The number of hydrogen-bond acceptors (Lipinski definition) is 3. The standard InChI is InChI=1S/C15H27N3O3/c1-2-7-17-9-5-13(6-10-17)16-15(21)18-8-3-4-12(11-18)14(19)20/h12-13H,2-11H2,1H3,(H,16,21)(H,19,20)/t12-/m0/s1. The second kappa shape index (κ2) is 7.64. The van der Waals surface area contributed by atoms with Crippen LogP contribution in [0.15, 0.2) is 0 Å². The van der Waals surface area contributed by atoms with Crippen LogP contribution in [0.4, 0.5) is 4.79 Å². The fourth-order valence-corrected chi connectivity index (χ4v) is 3.25. The first-order valence-corrected chi connectivity index (χ1v) is 8.10. The summed E-state index contributed by atoms with van der Waals surface area (Å²) in [7, 11) is 0. The Hall–Kier alpha value is -1.30. The summed E-state index contributed by atoms with van der Waals surface area (Å²) < 4.78 is 0. The zero-order chi connectivity index (χ0) is 15.2. The highest BCUT2D eigenvalue weighted by Crippen LogP contribution is 2.17. The maximum atomic E-state index is 12.2. The molecule has 0 saturated carbocycles. The molecule has 2 N–H and O–H groups in total. The topological polar surface area (TPSA) is 72.9 Å². The van der Waals surface area contributed by atoms with Gasteiger partial charge in [0.2, 0.25) is 0 Å². The molecule has 1 atom stereocenters. The van der Waals surface area contributed by atoms with Crippen LogP contribution in [0.5, 0.6) is 0 Å². The summed E-state index contributed by atoms with van der Waals surface area (Å²) in [4.78, 5) is 27.4. The molecule has 0 aromatic carbocycles. The molecule has 6 heteroatoms. The fourth-order valence-electron chi connectivity index (χ4n) is 3.25. The van der Waals surface area contributed by atoms with Gasteiger partial charge in [0.25, 0.3) is 0 Å². The summed E-state index contributed by atoms with van der Waals surface area (Å²) in [5.41, 5.74) is 0. The molecular formula is C15H27N3O3. The minimum atomic E-state index is -0.791. The highest BCUT2D eigenvalue weighted by atomic mass is 16.4. The van der Waals surface area contributed by atoms with Crippen molar-refractivity contribution in [1.29, 1.82) is 0 Å². The van der Waals surface area contributed by atoms with Crippen LogP contribution in [0.1, 0.15) is 39.0 Å². The zero-order valence-electron chi connectivity index (χ0n) is 12.9. The van der Waals surface area contributed by atoms with Crippen LogP contribution in [0, 0.1) is 5.92 Å². The summed E-state index contributed by atoms with van der Waals surface area (Å²) >= 11 is 0. The van der Waals surface area contributed by atoms with Crippen molar-refractivity contribution in [2.45, 2.75) is 45.1 Å². The smallest absolute Gasteiger partial charge is 0.317 e. The first-order valence-electron chi connectivity index (χ1n) is 8.10. The fraction of sp³-hybridized carbons (Fsp3) is 0.867. The van der Waals surface area contributed by atoms with Gasteiger partial charge in [0, 0.05) is 32.2 Å². The average Bonchev–Trinajstić information content (AvgIpc) is 2.49. The van der Waals surface area contributed by atoms with Gasteiger partial charge in [0.15, 0.2) is 0 Å². The highest BCUT2D eigenvalue weighted by molar-refractivity contribution is 5.76. The van der Waals surface area contributed by atoms with Crippen LogP contribution in [0.25, 0.3) is 0 Å². The van der Waals surface area contributed by atoms with Crippen LogP contribution in [-0.2, 0) is 4.79 Å². The molecule has 0 bridgehead atoms. The Morgan fingerprint density at radius 3 is 2.52 bits per heavy atom. The van der Waals surface area contributed by atoms with Crippen LogP contribution in [-0.4, -0.2) is 65.7 Å². The van der Waals surface area contributed by atoms with Gasteiger partial charge >= 0.3 is 12.0 Å². The van der Waals surface area contributed by atoms with E-state index >= 15 is 0 Å². The number of hydrogen-bond donors (Lipinski definition) is 2. The lowest BCUT2D eigenvalue weighted by Crippen LogP contribution is -2.52. The molecule has 0 aromatic rings. The van der Waals surface area contributed by atoms with Crippen LogP contribution in [0.2, 0.25) is 0 Å². The number of piperidine rings is 2. The number of nitrogens with one attached hydrogen (secondary N) is 1. The van der Waals surface area contributed by atoms with E-state index in [0.29, 0.717) is 19.5 Å². The van der Waals surface area contributed by atoms with Crippen LogP contribution >= 0.6 is 0 Å². The van der Waals surface area contributed by atoms with Gasteiger partial charge in [0.1, 0.15) is 0 Å². The number of urea groups is 1. The van der Waals surface area contributed by atoms with Gasteiger partial charge in [-0.1, -0.05) is 6.92 Å². The summed E-state index contributed by atoms with van der Waals surface area (Å²) in [6.45, 7) is 6.41. The van der Waals surface area contributed by atoms with E-state index in [1.54, 1.807) is 4.90 Å². The predicted octanol–water partition coefficient (Wildman–Crippen LogP) is 1.37. The zero-order valence-corrected chi connectivity index (χ0v) is 12.9. The van der Waals surface area contributed by atoms with Gasteiger partial charge in [-0.05, 0) is 38.6 Å². The van der Waals surface area contributed by atoms with Gasteiger partial charge in [-0.25, -0.2) is 4.79 Å². The summed E-state index contributed by atoms with van der Waals surface area (Å²) in [5, 5.41) is 12.2.